The normalized spacial score (nSPS) is 11.0. The van der Waals surface area contributed by atoms with Gasteiger partial charge in [-0.25, -0.2) is 4.98 Å². The largest absolute Gasteiger partial charge is 0.375 e. The first-order chi connectivity index (χ1) is 9.81. The molecule has 20 heavy (non-hydrogen) atoms. The number of thiazole rings is 1. The number of hydrogen-bond acceptors (Lipinski definition) is 4. The number of nitrogens with zero attached hydrogens (tertiary/aromatic N) is 2. The molecule has 0 aliphatic carbocycles. The van der Waals surface area contributed by atoms with Gasteiger partial charge in [-0.2, -0.15) is 0 Å². The monoisotopic (exact) mass is 279 g/mol. The summed E-state index contributed by atoms with van der Waals surface area (Å²) < 4.78 is 0. The van der Waals surface area contributed by atoms with Crippen molar-refractivity contribution in [2.45, 2.75) is 0 Å². The first-order valence-corrected chi connectivity index (χ1v) is 7.10. The van der Waals surface area contributed by atoms with Gasteiger partial charge in [-0.05, 0) is 17.7 Å². The lowest BCUT2D eigenvalue weighted by atomic mass is 10.1. The van der Waals surface area contributed by atoms with Crippen LogP contribution in [0.25, 0.3) is 11.3 Å². The van der Waals surface area contributed by atoms with Gasteiger partial charge in [0.15, 0.2) is 5.13 Å². The van der Waals surface area contributed by atoms with Crippen molar-refractivity contribution in [1.82, 2.24) is 4.98 Å². The average molecular weight is 279 g/mol. The average Bonchev–Trinajstić information content (AvgIpc) is 2.93. The van der Waals surface area contributed by atoms with Gasteiger partial charge in [0, 0.05) is 17.2 Å². The molecule has 1 heterocycles. The number of benzene rings is 2. The van der Waals surface area contributed by atoms with Crippen LogP contribution in [-0.4, -0.2) is 11.2 Å². The van der Waals surface area contributed by atoms with Gasteiger partial charge >= 0.3 is 0 Å². The van der Waals surface area contributed by atoms with Crippen LogP contribution in [0.15, 0.2) is 65.0 Å². The van der Waals surface area contributed by atoms with E-state index in [1.807, 2.05) is 66.2 Å². The molecule has 4 heteroatoms. The van der Waals surface area contributed by atoms with Crippen LogP contribution in [-0.2, 0) is 0 Å². The Bertz CT molecular complexity index is 715. The molecule has 0 bridgehead atoms. The highest BCUT2D eigenvalue weighted by Crippen LogP contribution is 2.25. The van der Waals surface area contributed by atoms with Crippen LogP contribution in [0.4, 0.5) is 10.8 Å². The van der Waals surface area contributed by atoms with E-state index >= 15 is 0 Å². The Balaban J connectivity index is 1.78. The lowest BCUT2D eigenvalue weighted by molar-refractivity contribution is 1.41. The summed E-state index contributed by atoms with van der Waals surface area (Å²) in [6.45, 7) is 0. The minimum atomic E-state index is 0.589. The van der Waals surface area contributed by atoms with Crippen molar-refractivity contribution in [3.63, 3.8) is 0 Å². The molecule has 0 radical (unpaired) electrons. The van der Waals surface area contributed by atoms with Crippen molar-refractivity contribution < 1.29 is 0 Å². The minimum absolute atomic E-state index is 0.589. The summed E-state index contributed by atoms with van der Waals surface area (Å²) >= 11 is 1.45. The van der Waals surface area contributed by atoms with E-state index in [0.717, 1.165) is 22.5 Å². The zero-order valence-electron chi connectivity index (χ0n) is 10.7. The smallest absolute Gasteiger partial charge is 0.180 e. The second-order valence-corrected chi connectivity index (χ2v) is 5.18. The molecular formula is C16H13N3S. The quantitative estimate of drug-likeness (QED) is 0.732. The highest BCUT2D eigenvalue weighted by Gasteiger charge is 2.01. The Morgan fingerprint density at radius 1 is 1.00 bits per heavy atom. The highest BCUT2D eigenvalue weighted by atomic mass is 32.1. The van der Waals surface area contributed by atoms with E-state index in [4.69, 9.17) is 5.73 Å². The molecule has 0 fully saturated rings. The van der Waals surface area contributed by atoms with Gasteiger partial charge in [0.2, 0.25) is 0 Å². The Hall–Kier alpha value is -2.46. The topological polar surface area (TPSA) is 51.3 Å². The number of rotatable bonds is 3. The standard InChI is InChI=1S/C16H13N3S/c17-16-19-15(11-20-16)13-6-8-14(9-7-13)18-10-12-4-2-1-3-5-12/h1-11H,(H2,17,19). The van der Waals surface area contributed by atoms with Crippen molar-refractivity contribution in [1.29, 1.82) is 0 Å². The molecule has 0 spiro atoms. The molecule has 0 atom stereocenters. The highest BCUT2D eigenvalue weighted by molar-refractivity contribution is 7.13. The zero-order valence-corrected chi connectivity index (χ0v) is 11.5. The van der Waals surface area contributed by atoms with Crippen molar-refractivity contribution in [3.8, 4) is 11.3 Å². The lowest BCUT2D eigenvalue weighted by Crippen LogP contribution is -1.82. The molecule has 2 aromatic carbocycles. The van der Waals surface area contributed by atoms with Gasteiger partial charge in [-0.15, -0.1) is 11.3 Å². The van der Waals surface area contributed by atoms with Gasteiger partial charge in [0.1, 0.15) is 0 Å². The van der Waals surface area contributed by atoms with E-state index in [1.54, 1.807) is 0 Å². The van der Waals surface area contributed by atoms with E-state index in [0.29, 0.717) is 5.13 Å². The fourth-order valence-corrected chi connectivity index (χ4v) is 2.40. The van der Waals surface area contributed by atoms with Crippen LogP contribution in [0.1, 0.15) is 5.56 Å². The van der Waals surface area contributed by atoms with E-state index < -0.39 is 0 Å². The number of aromatic nitrogens is 1. The molecule has 1 aromatic heterocycles. The van der Waals surface area contributed by atoms with E-state index in [1.165, 1.54) is 11.3 Å². The van der Waals surface area contributed by atoms with Crippen molar-refractivity contribution in [2.75, 3.05) is 5.73 Å². The number of anilines is 1. The van der Waals surface area contributed by atoms with E-state index in [-0.39, 0.29) is 0 Å². The molecule has 0 aliphatic rings. The van der Waals surface area contributed by atoms with Crippen LogP contribution in [0, 0.1) is 0 Å². The molecule has 0 saturated carbocycles. The molecule has 0 aliphatic heterocycles. The van der Waals surface area contributed by atoms with Gasteiger partial charge in [-0.3, -0.25) is 4.99 Å². The summed E-state index contributed by atoms with van der Waals surface area (Å²) in [7, 11) is 0. The molecule has 2 N–H and O–H groups in total. The van der Waals surface area contributed by atoms with Crippen LogP contribution in [0.3, 0.4) is 0 Å². The second-order valence-electron chi connectivity index (χ2n) is 4.29. The minimum Gasteiger partial charge on any atom is -0.375 e. The summed E-state index contributed by atoms with van der Waals surface area (Å²) in [5.74, 6) is 0. The Kier molecular flexibility index (Phi) is 3.56. The van der Waals surface area contributed by atoms with Gasteiger partial charge in [-0.1, -0.05) is 42.5 Å². The van der Waals surface area contributed by atoms with Crippen molar-refractivity contribution >= 4 is 28.4 Å². The maximum Gasteiger partial charge on any atom is 0.180 e. The SMILES string of the molecule is Nc1nc(-c2ccc(N=Cc3ccccc3)cc2)cs1. The summed E-state index contributed by atoms with van der Waals surface area (Å²) in [4.78, 5) is 8.71. The maximum atomic E-state index is 5.64. The third kappa shape index (κ3) is 2.92. The summed E-state index contributed by atoms with van der Waals surface area (Å²) in [5, 5.41) is 2.54. The first-order valence-electron chi connectivity index (χ1n) is 6.22. The van der Waals surface area contributed by atoms with E-state index in [9.17, 15) is 0 Å². The molecule has 98 valence electrons. The second kappa shape index (κ2) is 5.67. The van der Waals surface area contributed by atoms with Gasteiger partial charge in [0.05, 0.1) is 11.4 Å². The van der Waals surface area contributed by atoms with Crippen molar-refractivity contribution in [2.24, 2.45) is 4.99 Å². The molecular weight excluding hydrogens is 266 g/mol. The maximum absolute atomic E-state index is 5.64. The van der Waals surface area contributed by atoms with Gasteiger partial charge < -0.3 is 5.73 Å². The van der Waals surface area contributed by atoms with Crippen molar-refractivity contribution in [3.05, 3.63) is 65.5 Å². The third-order valence-corrected chi connectivity index (χ3v) is 3.52. The molecule has 0 saturated heterocycles. The fraction of sp³-hybridized carbons (Fsp3) is 0. The van der Waals surface area contributed by atoms with E-state index in [2.05, 4.69) is 9.98 Å². The van der Waals surface area contributed by atoms with Crippen LogP contribution < -0.4 is 5.73 Å². The third-order valence-electron chi connectivity index (χ3n) is 2.85. The summed E-state index contributed by atoms with van der Waals surface area (Å²) in [5.41, 5.74) is 9.61. The van der Waals surface area contributed by atoms with Crippen LogP contribution in [0.2, 0.25) is 0 Å². The van der Waals surface area contributed by atoms with Crippen LogP contribution >= 0.6 is 11.3 Å². The van der Waals surface area contributed by atoms with Gasteiger partial charge in [0.25, 0.3) is 0 Å². The molecule has 3 nitrogen and oxygen atoms in total. The van der Waals surface area contributed by atoms with Crippen LogP contribution in [0.5, 0.6) is 0 Å². The number of hydrogen-bond donors (Lipinski definition) is 1. The molecule has 0 unspecified atom stereocenters. The Labute approximate surface area is 121 Å². The predicted molar refractivity (Wildman–Crippen MR) is 85.7 cm³/mol. The summed E-state index contributed by atoms with van der Waals surface area (Å²) in [6.07, 6.45) is 1.86. The molecule has 0 amide bonds. The lowest BCUT2D eigenvalue weighted by Gasteiger charge is -1.98. The fourth-order valence-electron chi connectivity index (χ4n) is 1.83. The molecule has 3 aromatic rings. The first kappa shape index (κ1) is 12.6. The Morgan fingerprint density at radius 3 is 2.40 bits per heavy atom. The summed E-state index contributed by atoms with van der Waals surface area (Å²) in [6, 6.07) is 18.0. The number of nitrogen functional groups attached to an aromatic ring is 1. The zero-order chi connectivity index (χ0) is 13.8. The predicted octanol–water partition coefficient (Wildman–Crippen LogP) is 4.14. The number of aliphatic imine (C=N–C) groups is 1. The Morgan fingerprint density at radius 2 is 1.75 bits per heavy atom. The molecule has 3 rings (SSSR count). The number of nitrogens with two attached hydrogens (primary N) is 1.